The molecule has 1 atom stereocenters. The highest BCUT2D eigenvalue weighted by Gasteiger charge is 2.07. The van der Waals surface area contributed by atoms with Crippen molar-refractivity contribution in [1.82, 2.24) is 0 Å². The van der Waals surface area contributed by atoms with Gasteiger partial charge in [-0.05, 0) is 13.8 Å². The van der Waals surface area contributed by atoms with E-state index < -0.39 is 18.1 Å². The van der Waals surface area contributed by atoms with Gasteiger partial charge in [-0.2, -0.15) is 0 Å². The Bertz CT molecular complexity index is 134. The van der Waals surface area contributed by atoms with Crippen molar-refractivity contribution in [2.24, 2.45) is 0 Å². The zero-order chi connectivity index (χ0) is 10.1. The van der Waals surface area contributed by atoms with Crippen LogP contribution in [-0.2, 0) is 8.85 Å². The van der Waals surface area contributed by atoms with Crippen LogP contribution in [0.15, 0.2) is 11.4 Å². The second-order valence-electron chi connectivity index (χ2n) is 3.05. The minimum Gasteiger partial charge on any atom is -0.394 e. The number of hydrogen-bond donors (Lipinski definition) is 0. The van der Waals surface area contributed by atoms with Crippen LogP contribution in [-0.4, -0.2) is 31.3 Å². The van der Waals surface area contributed by atoms with Gasteiger partial charge in [0.25, 0.3) is 0 Å². The molecule has 0 aromatic heterocycles. The van der Waals surface area contributed by atoms with Crippen LogP contribution in [0.5, 0.6) is 0 Å². The Balaban J connectivity index is 3.84. The Kier molecular flexibility index (Phi) is 8.74. The molecule has 0 fully saturated rings. The van der Waals surface area contributed by atoms with Gasteiger partial charge in [-0.3, -0.25) is 0 Å². The third-order valence-corrected chi connectivity index (χ3v) is 6.37. The minimum atomic E-state index is -1.45. The van der Waals surface area contributed by atoms with Crippen LogP contribution in [0, 0.1) is 0 Å². The largest absolute Gasteiger partial charge is 0.394 e. The van der Waals surface area contributed by atoms with E-state index >= 15 is 0 Å². The summed E-state index contributed by atoms with van der Waals surface area (Å²) in [6, 6.07) is 1.32. The molecular weight excluding hydrogens is 196 g/mol. The van der Waals surface area contributed by atoms with Crippen LogP contribution >= 0.6 is 0 Å². The average molecular weight is 218 g/mol. The summed E-state index contributed by atoms with van der Waals surface area (Å²) in [5.74, 6) is 0. The highest BCUT2D eigenvalue weighted by molar-refractivity contribution is 6.65. The lowest BCUT2D eigenvalue weighted by Crippen LogP contribution is -2.21. The molecule has 0 aliphatic carbocycles. The van der Waals surface area contributed by atoms with Gasteiger partial charge in [0.15, 0.2) is 0 Å². The van der Waals surface area contributed by atoms with Crippen molar-refractivity contribution in [2.45, 2.75) is 33.4 Å². The summed E-state index contributed by atoms with van der Waals surface area (Å²) in [6.45, 7) is 10.2. The van der Waals surface area contributed by atoms with Gasteiger partial charge < -0.3 is 8.85 Å². The van der Waals surface area contributed by atoms with Crippen LogP contribution < -0.4 is 0 Å². The quantitative estimate of drug-likeness (QED) is 0.607. The monoisotopic (exact) mass is 218 g/mol. The first-order valence-corrected chi connectivity index (χ1v) is 9.40. The van der Waals surface area contributed by atoms with Crippen LogP contribution in [0.2, 0.25) is 12.6 Å². The fourth-order valence-electron chi connectivity index (χ4n) is 0.904. The van der Waals surface area contributed by atoms with Gasteiger partial charge in [0, 0.05) is 13.2 Å². The minimum absolute atomic E-state index is 0.593. The molecule has 0 radical (unpaired) electrons. The zero-order valence-electron chi connectivity index (χ0n) is 9.25. The first kappa shape index (κ1) is 13.1. The molecule has 0 heterocycles. The smallest absolute Gasteiger partial charge is 0.347 e. The van der Waals surface area contributed by atoms with Gasteiger partial charge in [-0.15, -0.1) is 5.70 Å². The molecule has 0 N–H and O–H groups in total. The van der Waals surface area contributed by atoms with E-state index in [1.807, 2.05) is 13.8 Å². The van der Waals surface area contributed by atoms with Crippen LogP contribution in [0.3, 0.4) is 0 Å². The molecule has 13 heavy (non-hydrogen) atoms. The molecule has 0 rings (SSSR count). The number of rotatable bonds is 7. The molecular formula is C9H22O2Si2. The Morgan fingerprint density at radius 2 is 1.54 bits per heavy atom. The molecule has 0 saturated heterocycles. The predicted octanol–water partition coefficient (Wildman–Crippen LogP) is 1.79. The van der Waals surface area contributed by atoms with Crippen molar-refractivity contribution < 1.29 is 8.85 Å². The molecule has 4 heteroatoms. The first-order valence-electron chi connectivity index (χ1n) is 5.16. The average Bonchev–Trinajstić information content (AvgIpc) is 2.14. The third-order valence-electron chi connectivity index (χ3n) is 1.90. The van der Waals surface area contributed by atoms with Gasteiger partial charge >= 0.3 is 9.28 Å². The van der Waals surface area contributed by atoms with E-state index in [4.69, 9.17) is 8.85 Å². The highest BCUT2D eigenvalue weighted by Crippen LogP contribution is 1.96. The Hall–Kier alpha value is 0.0938. The van der Waals surface area contributed by atoms with E-state index in [2.05, 4.69) is 24.9 Å². The first-order chi connectivity index (χ1) is 6.24. The van der Waals surface area contributed by atoms with Gasteiger partial charge in [0.2, 0.25) is 0 Å². The Morgan fingerprint density at radius 3 is 1.92 bits per heavy atom. The summed E-state index contributed by atoms with van der Waals surface area (Å²) < 4.78 is 11.1. The topological polar surface area (TPSA) is 18.5 Å². The van der Waals surface area contributed by atoms with E-state index in [0.29, 0.717) is 0 Å². The molecule has 0 aliphatic heterocycles. The normalized spacial score (nSPS) is 14.2. The zero-order valence-corrected chi connectivity index (χ0v) is 11.6. The van der Waals surface area contributed by atoms with Crippen molar-refractivity contribution in [1.29, 1.82) is 0 Å². The van der Waals surface area contributed by atoms with E-state index in [-0.39, 0.29) is 0 Å². The summed E-state index contributed by atoms with van der Waals surface area (Å²) in [6.07, 6.45) is 0. The SMILES string of the molecule is CCO[SiH](/C=C/[SiH](C)CC)OCC. The van der Waals surface area contributed by atoms with Crippen LogP contribution in [0.25, 0.3) is 0 Å². The maximum absolute atomic E-state index is 5.53. The van der Waals surface area contributed by atoms with E-state index in [9.17, 15) is 0 Å². The molecule has 0 bridgehead atoms. The molecule has 2 nitrogen and oxygen atoms in total. The molecule has 78 valence electrons. The summed E-state index contributed by atoms with van der Waals surface area (Å²) in [7, 11) is -2.04. The third kappa shape index (κ3) is 7.19. The Labute approximate surface area is 85.4 Å². The van der Waals surface area contributed by atoms with Crippen molar-refractivity contribution >= 4 is 18.1 Å². The predicted molar refractivity (Wildman–Crippen MR) is 63.0 cm³/mol. The lowest BCUT2D eigenvalue weighted by atomic mass is 10.9. The number of hydrogen-bond acceptors (Lipinski definition) is 2. The molecule has 1 unspecified atom stereocenters. The highest BCUT2D eigenvalue weighted by atomic mass is 28.3. The lowest BCUT2D eigenvalue weighted by Gasteiger charge is -2.10. The molecule has 0 aromatic rings. The lowest BCUT2D eigenvalue weighted by molar-refractivity contribution is 0.224. The van der Waals surface area contributed by atoms with Crippen LogP contribution in [0.1, 0.15) is 20.8 Å². The maximum atomic E-state index is 5.53. The Morgan fingerprint density at radius 1 is 1.00 bits per heavy atom. The van der Waals surface area contributed by atoms with Gasteiger partial charge in [-0.1, -0.05) is 25.2 Å². The van der Waals surface area contributed by atoms with Gasteiger partial charge in [0.1, 0.15) is 0 Å². The molecule has 0 amide bonds. The fourth-order valence-corrected chi connectivity index (χ4v) is 4.40. The van der Waals surface area contributed by atoms with Gasteiger partial charge in [-0.25, -0.2) is 0 Å². The van der Waals surface area contributed by atoms with Crippen molar-refractivity contribution in [3.05, 3.63) is 11.4 Å². The standard InChI is InChI=1S/C9H22O2Si2/c1-5-10-13(11-6-2)9-8-12(4)7-3/h8-9,12-13H,5-7H2,1-4H3/b9-8+. The molecule has 0 aromatic carbocycles. The molecule has 0 spiro atoms. The summed E-state index contributed by atoms with van der Waals surface area (Å²) >= 11 is 0. The van der Waals surface area contributed by atoms with Crippen molar-refractivity contribution in [2.75, 3.05) is 13.2 Å². The van der Waals surface area contributed by atoms with Crippen molar-refractivity contribution in [3.8, 4) is 0 Å². The maximum Gasteiger partial charge on any atom is 0.347 e. The van der Waals surface area contributed by atoms with Gasteiger partial charge in [0.05, 0.1) is 8.80 Å². The summed E-state index contributed by atoms with van der Waals surface area (Å²) in [5, 5.41) is 0. The van der Waals surface area contributed by atoms with E-state index in [1.165, 1.54) is 6.04 Å². The summed E-state index contributed by atoms with van der Waals surface area (Å²) in [4.78, 5) is 0. The van der Waals surface area contributed by atoms with E-state index in [1.54, 1.807) is 0 Å². The molecule has 0 saturated carbocycles. The fraction of sp³-hybridized carbons (Fsp3) is 0.778. The second-order valence-corrected chi connectivity index (χ2v) is 7.99. The van der Waals surface area contributed by atoms with Crippen LogP contribution in [0.4, 0.5) is 0 Å². The van der Waals surface area contributed by atoms with E-state index in [0.717, 1.165) is 13.2 Å². The second kappa shape index (κ2) is 8.68. The summed E-state index contributed by atoms with van der Waals surface area (Å²) in [5.41, 5.74) is 4.55. The molecule has 0 aliphatic rings. The van der Waals surface area contributed by atoms with Crippen molar-refractivity contribution in [3.63, 3.8) is 0 Å².